The lowest BCUT2D eigenvalue weighted by atomic mass is 10.0. The van der Waals surface area contributed by atoms with Gasteiger partial charge in [0.15, 0.2) is 0 Å². The van der Waals surface area contributed by atoms with Crippen LogP contribution in [0.3, 0.4) is 0 Å². The molecule has 4 aromatic rings. The first kappa shape index (κ1) is 20.2. The fourth-order valence-corrected chi connectivity index (χ4v) is 4.36. The lowest BCUT2D eigenvalue weighted by Gasteiger charge is -2.28. The first-order chi connectivity index (χ1) is 15.0. The molecule has 5 nitrogen and oxygen atoms in total. The highest BCUT2D eigenvalue weighted by atomic mass is 35.5. The summed E-state index contributed by atoms with van der Waals surface area (Å²) in [5.74, 6) is 0.575. The summed E-state index contributed by atoms with van der Waals surface area (Å²) >= 11 is 12.4. The maximum absolute atomic E-state index is 12.8. The molecule has 7 heteroatoms. The van der Waals surface area contributed by atoms with Crippen LogP contribution in [0.1, 0.15) is 22.4 Å². The van der Waals surface area contributed by atoms with Crippen LogP contribution in [0.25, 0.3) is 22.3 Å². The van der Waals surface area contributed by atoms with Gasteiger partial charge in [0.05, 0.1) is 16.8 Å². The zero-order chi connectivity index (χ0) is 21.5. The van der Waals surface area contributed by atoms with Crippen LogP contribution in [-0.2, 0) is 19.5 Å². The molecule has 0 fully saturated rings. The highest BCUT2D eigenvalue weighted by Crippen LogP contribution is 2.25. The van der Waals surface area contributed by atoms with Crippen molar-refractivity contribution < 1.29 is 0 Å². The molecule has 5 rings (SSSR count). The molecule has 0 unspecified atom stereocenters. The number of pyridine rings is 1. The Hall–Kier alpha value is -2.73. The summed E-state index contributed by atoms with van der Waals surface area (Å²) in [5, 5.41) is 2.23. The van der Waals surface area contributed by atoms with Gasteiger partial charge in [-0.3, -0.25) is 9.69 Å². The number of nitrogens with one attached hydrogen (secondary N) is 1. The predicted octanol–water partition coefficient (Wildman–Crippen LogP) is 5.16. The quantitative estimate of drug-likeness (QED) is 0.437. The normalized spacial score (nSPS) is 14.0. The van der Waals surface area contributed by atoms with Gasteiger partial charge in [-0.05, 0) is 49.4 Å². The lowest BCUT2D eigenvalue weighted by Crippen LogP contribution is -2.35. The Morgan fingerprint density at radius 3 is 2.68 bits per heavy atom. The van der Waals surface area contributed by atoms with E-state index < -0.39 is 0 Å². The zero-order valence-electron chi connectivity index (χ0n) is 17.0. The molecule has 0 spiro atoms. The Labute approximate surface area is 189 Å². The van der Waals surface area contributed by atoms with Crippen molar-refractivity contribution in [1.82, 2.24) is 19.9 Å². The summed E-state index contributed by atoms with van der Waals surface area (Å²) in [6.07, 6.45) is 0.706. The molecule has 0 radical (unpaired) electrons. The first-order valence-electron chi connectivity index (χ1n) is 10.1. The fraction of sp³-hybridized carbons (Fsp3) is 0.208. The van der Waals surface area contributed by atoms with E-state index in [-0.39, 0.29) is 5.56 Å². The average molecular weight is 451 g/mol. The molecule has 1 aliphatic heterocycles. The predicted molar refractivity (Wildman–Crippen MR) is 125 cm³/mol. The second kappa shape index (κ2) is 8.08. The number of nitrogens with zero attached hydrogens (tertiary/aromatic N) is 3. The van der Waals surface area contributed by atoms with Gasteiger partial charge in [-0.2, -0.15) is 0 Å². The van der Waals surface area contributed by atoms with Crippen molar-refractivity contribution in [2.45, 2.75) is 26.4 Å². The van der Waals surface area contributed by atoms with E-state index in [1.165, 1.54) is 5.56 Å². The van der Waals surface area contributed by atoms with Gasteiger partial charge in [0.2, 0.25) is 0 Å². The van der Waals surface area contributed by atoms with Crippen LogP contribution >= 0.6 is 23.2 Å². The molecule has 0 aliphatic carbocycles. The van der Waals surface area contributed by atoms with Gasteiger partial charge in [-0.15, -0.1) is 0 Å². The summed E-state index contributed by atoms with van der Waals surface area (Å²) in [4.78, 5) is 27.2. The lowest BCUT2D eigenvalue weighted by molar-refractivity contribution is 0.242. The van der Waals surface area contributed by atoms with E-state index in [9.17, 15) is 4.79 Å². The van der Waals surface area contributed by atoms with E-state index in [1.807, 2.05) is 24.3 Å². The number of hydrogen-bond acceptors (Lipinski definition) is 4. The van der Waals surface area contributed by atoms with E-state index in [2.05, 4.69) is 33.9 Å². The van der Waals surface area contributed by atoms with Crippen molar-refractivity contribution in [3.63, 3.8) is 0 Å². The van der Waals surface area contributed by atoms with Crippen molar-refractivity contribution in [2.24, 2.45) is 0 Å². The van der Waals surface area contributed by atoms with Crippen LogP contribution in [0.2, 0.25) is 10.2 Å². The van der Waals surface area contributed by atoms with Crippen LogP contribution in [0.5, 0.6) is 0 Å². The van der Waals surface area contributed by atoms with E-state index in [0.717, 1.165) is 34.3 Å². The maximum atomic E-state index is 12.8. The second-order valence-electron chi connectivity index (χ2n) is 7.94. The minimum Gasteiger partial charge on any atom is -0.306 e. The van der Waals surface area contributed by atoms with E-state index in [4.69, 9.17) is 28.2 Å². The SMILES string of the molecule is Cc1ccc2nc(Cl)c(CN3CCc4nc(-c5ccc(Cl)cc5)[nH]c(=O)c4C3)cc2c1. The van der Waals surface area contributed by atoms with Gasteiger partial charge < -0.3 is 4.98 Å². The molecule has 2 aromatic carbocycles. The third-order valence-corrected chi connectivity index (χ3v) is 6.23. The Morgan fingerprint density at radius 1 is 1.06 bits per heavy atom. The van der Waals surface area contributed by atoms with Gasteiger partial charge in [0, 0.05) is 47.6 Å². The number of halogens is 2. The number of benzene rings is 2. The Balaban J connectivity index is 1.41. The summed E-state index contributed by atoms with van der Waals surface area (Å²) in [6, 6.07) is 15.5. The Kier molecular flexibility index (Phi) is 5.26. The second-order valence-corrected chi connectivity index (χ2v) is 8.74. The third kappa shape index (κ3) is 4.09. The molecule has 2 aromatic heterocycles. The van der Waals surface area contributed by atoms with Gasteiger partial charge in [0.25, 0.3) is 5.56 Å². The van der Waals surface area contributed by atoms with E-state index in [1.54, 1.807) is 12.1 Å². The van der Waals surface area contributed by atoms with Crippen LogP contribution in [0.4, 0.5) is 0 Å². The minimum atomic E-state index is -0.0991. The van der Waals surface area contributed by atoms with Crippen LogP contribution in [0, 0.1) is 6.92 Å². The van der Waals surface area contributed by atoms with Gasteiger partial charge in [0.1, 0.15) is 11.0 Å². The molecular formula is C24H20Cl2N4O. The maximum Gasteiger partial charge on any atom is 0.255 e. The summed E-state index contributed by atoms with van der Waals surface area (Å²) < 4.78 is 0. The summed E-state index contributed by atoms with van der Waals surface area (Å²) in [5.41, 5.74) is 5.34. The fourth-order valence-electron chi connectivity index (χ4n) is 4.03. The van der Waals surface area contributed by atoms with E-state index >= 15 is 0 Å². The van der Waals surface area contributed by atoms with Crippen LogP contribution in [0.15, 0.2) is 53.3 Å². The topological polar surface area (TPSA) is 61.9 Å². The van der Waals surface area contributed by atoms with Crippen molar-refractivity contribution in [1.29, 1.82) is 0 Å². The number of aromatic amines is 1. The number of hydrogen-bond donors (Lipinski definition) is 1. The monoisotopic (exact) mass is 450 g/mol. The molecule has 0 amide bonds. The van der Waals surface area contributed by atoms with Crippen molar-refractivity contribution in [3.8, 4) is 11.4 Å². The van der Waals surface area contributed by atoms with Gasteiger partial charge >= 0.3 is 0 Å². The standard InChI is InChI=1S/C24H20Cl2N4O/c1-14-2-7-20-16(10-14)11-17(22(26)27-20)12-30-9-8-21-19(13-30)24(31)29-23(28-21)15-3-5-18(25)6-4-15/h2-7,10-11H,8-9,12-13H2,1H3,(H,28,29,31). The minimum absolute atomic E-state index is 0.0991. The highest BCUT2D eigenvalue weighted by molar-refractivity contribution is 6.30. The zero-order valence-corrected chi connectivity index (χ0v) is 18.5. The summed E-state index contributed by atoms with van der Waals surface area (Å²) in [7, 11) is 0. The molecule has 0 bridgehead atoms. The molecule has 1 aliphatic rings. The molecule has 3 heterocycles. The molecule has 0 saturated carbocycles. The molecule has 156 valence electrons. The molecule has 0 atom stereocenters. The molecule has 31 heavy (non-hydrogen) atoms. The molecule has 1 N–H and O–H groups in total. The Morgan fingerprint density at radius 2 is 1.87 bits per heavy atom. The number of aromatic nitrogens is 3. The average Bonchev–Trinajstić information content (AvgIpc) is 2.75. The molecular weight excluding hydrogens is 431 g/mol. The van der Waals surface area contributed by atoms with Crippen LogP contribution < -0.4 is 5.56 Å². The third-order valence-electron chi connectivity index (χ3n) is 5.66. The molecule has 0 saturated heterocycles. The largest absolute Gasteiger partial charge is 0.306 e. The number of rotatable bonds is 3. The number of H-pyrrole nitrogens is 1. The van der Waals surface area contributed by atoms with Crippen molar-refractivity contribution in [3.05, 3.63) is 91.4 Å². The number of aryl methyl sites for hydroxylation is 1. The highest BCUT2D eigenvalue weighted by Gasteiger charge is 2.22. The Bertz CT molecular complexity index is 1350. The first-order valence-corrected chi connectivity index (χ1v) is 10.9. The van der Waals surface area contributed by atoms with Gasteiger partial charge in [-0.1, -0.05) is 34.8 Å². The van der Waals surface area contributed by atoms with Gasteiger partial charge in [-0.25, -0.2) is 9.97 Å². The van der Waals surface area contributed by atoms with Crippen molar-refractivity contribution >= 4 is 34.1 Å². The smallest absolute Gasteiger partial charge is 0.255 e. The van der Waals surface area contributed by atoms with Crippen LogP contribution in [-0.4, -0.2) is 26.4 Å². The van der Waals surface area contributed by atoms with E-state index in [0.29, 0.717) is 41.1 Å². The van der Waals surface area contributed by atoms with Crippen molar-refractivity contribution in [2.75, 3.05) is 6.54 Å². The summed E-state index contributed by atoms with van der Waals surface area (Å²) in [6.45, 7) is 4.02. The number of fused-ring (bicyclic) bond motifs is 2.